The van der Waals surface area contributed by atoms with Crippen molar-refractivity contribution in [1.82, 2.24) is 9.80 Å². The predicted molar refractivity (Wildman–Crippen MR) is 102 cm³/mol. The van der Waals surface area contributed by atoms with Crippen LogP contribution in [0.3, 0.4) is 0 Å². The van der Waals surface area contributed by atoms with Gasteiger partial charge in [0.1, 0.15) is 0 Å². The van der Waals surface area contributed by atoms with Gasteiger partial charge in [-0.3, -0.25) is 19.8 Å². The summed E-state index contributed by atoms with van der Waals surface area (Å²) in [5, 5.41) is 11.0. The van der Waals surface area contributed by atoms with Gasteiger partial charge in [-0.1, -0.05) is 24.3 Å². The van der Waals surface area contributed by atoms with Gasteiger partial charge >= 0.3 is 11.9 Å². The van der Waals surface area contributed by atoms with Crippen LogP contribution >= 0.6 is 0 Å². The van der Waals surface area contributed by atoms with Crippen molar-refractivity contribution in [2.24, 2.45) is 0 Å². The molecular formula is C20H20F3N3O4. The van der Waals surface area contributed by atoms with E-state index in [1.54, 1.807) is 11.0 Å². The van der Waals surface area contributed by atoms with Gasteiger partial charge in [-0.2, -0.15) is 13.2 Å². The van der Waals surface area contributed by atoms with E-state index in [1.165, 1.54) is 30.3 Å². The van der Waals surface area contributed by atoms with Gasteiger partial charge < -0.3 is 9.64 Å². The molecular weight excluding hydrogens is 403 g/mol. The van der Waals surface area contributed by atoms with E-state index in [0.29, 0.717) is 32.7 Å². The summed E-state index contributed by atoms with van der Waals surface area (Å²) in [4.78, 5) is 26.4. The number of nitro groups is 1. The first-order valence-corrected chi connectivity index (χ1v) is 9.26. The molecule has 1 fully saturated rings. The minimum Gasteiger partial charge on any atom is -0.477 e. The number of hydrogen-bond donors (Lipinski definition) is 0. The number of alkyl halides is 3. The molecule has 0 N–H and O–H groups in total. The van der Waals surface area contributed by atoms with Crippen molar-refractivity contribution in [2.45, 2.75) is 12.7 Å². The normalized spacial score (nSPS) is 15.1. The largest absolute Gasteiger partial charge is 0.477 e. The Kier molecular flexibility index (Phi) is 6.56. The van der Waals surface area contributed by atoms with Crippen molar-refractivity contribution in [3.8, 4) is 5.75 Å². The van der Waals surface area contributed by atoms with Gasteiger partial charge in [-0.15, -0.1) is 0 Å². The predicted octanol–water partition coefficient (Wildman–Crippen LogP) is 3.34. The highest BCUT2D eigenvalue weighted by Gasteiger charge is 2.30. The summed E-state index contributed by atoms with van der Waals surface area (Å²) in [6, 6.07) is 10.9. The standard InChI is InChI=1S/C20H20F3N3O4/c21-20(22,23)16-7-5-15(6-8-16)13-24-9-11-25(12-10-24)19(27)14-30-18-4-2-1-3-17(18)26(28)29/h1-8H,9-14H2. The summed E-state index contributed by atoms with van der Waals surface area (Å²) in [5.41, 5.74) is -0.116. The number of rotatable bonds is 6. The lowest BCUT2D eigenvalue weighted by Crippen LogP contribution is -2.49. The summed E-state index contributed by atoms with van der Waals surface area (Å²) < 4.78 is 43.3. The van der Waals surface area contributed by atoms with Crippen LogP contribution in [-0.4, -0.2) is 53.4 Å². The van der Waals surface area contributed by atoms with Crippen molar-refractivity contribution >= 4 is 11.6 Å². The number of benzene rings is 2. The number of para-hydroxylation sites is 2. The van der Waals surface area contributed by atoms with Crippen molar-refractivity contribution in [3.63, 3.8) is 0 Å². The Morgan fingerprint density at radius 3 is 2.27 bits per heavy atom. The Balaban J connectivity index is 1.47. The highest BCUT2D eigenvalue weighted by atomic mass is 19.4. The number of carbonyl (C=O) groups is 1. The van der Waals surface area contributed by atoms with Gasteiger partial charge in [0.2, 0.25) is 0 Å². The van der Waals surface area contributed by atoms with Crippen LogP contribution in [0.5, 0.6) is 5.75 Å². The molecule has 3 rings (SSSR count). The van der Waals surface area contributed by atoms with E-state index in [9.17, 15) is 28.1 Å². The monoisotopic (exact) mass is 423 g/mol. The number of nitrogens with zero attached hydrogens (tertiary/aromatic N) is 3. The number of nitro benzene ring substituents is 1. The molecule has 10 heteroatoms. The molecule has 0 radical (unpaired) electrons. The number of piperazine rings is 1. The topological polar surface area (TPSA) is 75.9 Å². The molecule has 0 spiro atoms. The first-order valence-electron chi connectivity index (χ1n) is 9.26. The lowest BCUT2D eigenvalue weighted by Gasteiger charge is -2.34. The van der Waals surface area contributed by atoms with Crippen LogP contribution in [-0.2, 0) is 17.5 Å². The first kappa shape index (κ1) is 21.6. The molecule has 2 aromatic rings. The third kappa shape index (κ3) is 5.47. The van der Waals surface area contributed by atoms with Gasteiger partial charge in [-0.05, 0) is 23.8 Å². The molecule has 1 aliphatic heterocycles. The smallest absolute Gasteiger partial charge is 0.416 e. The van der Waals surface area contributed by atoms with Crippen LogP contribution in [0.25, 0.3) is 0 Å². The number of ether oxygens (including phenoxy) is 1. The maximum atomic E-state index is 12.6. The SMILES string of the molecule is O=C(COc1ccccc1[N+](=O)[O-])N1CCN(Cc2ccc(C(F)(F)F)cc2)CC1. The Labute approximate surface area is 170 Å². The van der Waals surface area contributed by atoms with Crippen molar-refractivity contribution in [1.29, 1.82) is 0 Å². The zero-order chi connectivity index (χ0) is 21.7. The van der Waals surface area contributed by atoms with Crippen LogP contribution in [0, 0.1) is 10.1 Å². The average molecular weight is 423 g/mol. The fourth-order valence-corrected chi connectivity index (χ4v) is 3.17. The molecule has 0 atom stereocenters. The summed E-state index contributed by atoms with van der Waals surface area (Å²) >= 11 is 0. The molecule has 7 nitrogen and oxygen atoms in total. The van der Waals surface area contributed by atoms with Crippen LogP contribution in [0.15, 0.2) is 48.5 Å². The number of hydrogen-bond acceptors (Lipinski definition) is 5. The Morgan fingerprint density at radius 1 is 1.03 bits per heavy atom. The van der Waals surface area contributed by atoms with Gasteiger partial charge in [0.05, 0.1) is 10.5 Å². The summed E-state index contributed by atoms with van der Waals surface area (Å²) in [6.07, 6.45) is -4.35. The van der Waals surface area contributed by atoms with Gasteiger partial charge in [0.25, 0.3) is 5.91 Å². The fourth-order valence-electron chi connectivity index (χ4n) is 3.17. The van der Waals surface area contributed by atoms with E-state index >= 15 is 0 Å². The van der Waals surface area contributed by atoms with Crippen LogP contribution < -0.4 is 4.74 Å². The van der Waals surface area contributed by atoms with Gasteiger partial charge in [0.15, 0.2) is 12.4 Å². The van der Waals surface area contributed by atoms with Crippen molar-refractivity contribution in [2.75, 3.05) is 32.8 Å². The molecule has 1 heterocycles. The molecule has 0 unspecified atom stereocenters. The van der Waals surface area contributed by atoms with E-state index in [2.05, 4.69) is 4.90 Å². The average Bonchev–Trinajstić information content (AvgIpc) is 2.72. The second-order valence-corrected chi connectivity index (χ2v) is 6.87. The zero-order valence-corrected chi connectivity index (χ0v) is 16.0. The molecule has 0 aromatic heterocycles. The molecule has 1 amide bonds. The van der Waals surface area contributed by atoms with Crippen LogP contribution in [0.2, 0.25) is 0 Å². The van der Waals surface area contributed by atoms with Gasteiger partial charge in [-0.25, -0.2) is 0 Å². The number of carbonyl (C=O) groups excluding carboxylic acids is 1. The molecule has 1 saturated heterocycles. The fraction of sp³-hybridized carbons (Fsp3) is 0.350. The number of halogens is 3. The Hall–Kier alpha value is -3.14. The molecule has 0 bridgehead atoms. The maximum absolute atomic E-state index is 12.6. The van der Waals surface area contributed by atoms with Crippen LogP contribution in [0.1, 0.15) is 11.1 Å². The minimum absolute atomic E-state index is 0.0387. The van der Waals surface area contributed by atoms with E-state index < -0.39 is 16.7 Å². The Bertz CT molecular complexity index is 895. The highest BCUT2D eigenvalue weighted by molar-refractivity contribution is 5.78. The van der Waals surface area contributed by atoms with Crippen LogP contribution in [0.4, 0.5) is 18.9 Å². The second kappa shape index (κ2) is 9.12. The molecule has 1 aliphatic rings. The van der Waals surface area contributed by atoms with E-state index in [-0.39, 0.29) is 24.0 Å². The highest BCUT2D eigenvalue weighted by Crippen LogP contribution is 2.29. The van der Waals surface area contributed by atoms with Crippen molar-refractivity contribution in [3.05, 3.63) is 69.8 Å². The van der Waals surface area contributed by atoms with Gasteiger partial charge in [0, 0.05) is 38.8 Å². The maximum Gasteiger partial charge on any atom is 0.416 e. The molecule has 0 aliphatic carbocycles. The minimum atomic E-state index is -4.35. The Morgan fingerprint density at radius 2 is 1.67 bits per heavy atom. The summed E-state index contributed by atoms with van der Waals surface area (Å²) in [6.45, 7) is 2.21. The lowest BCUT2D eigenvalue weighted by molar-refractivity contribution is -0.385. The summed E-state index contributed by atoms with van der Waals surface area (Å²) in [5.74, 6) is -0.237. The van der Waals surface area contributed by atoms with E-state index in [1.807, 2.05) is 0 Å². The lowest BCUT2D eigenvalue weighted by atomic mass is 10.1. The number of amides is 1. The molecule has 30 heavy (non-hydrogen) atoms. The second-order valence-electron chi connectivity index (χ2n) is 6.87. The summed E-state index contributed by atoms with van der Waals surface area (Å²) in [7, 11) is 0. The quantitative estimate of drug-likeness (QED) is 0.526. The molecule has 160 valence electrons. The zero-order valence-electron chi connectivity index (χ0n) is 16.0. The van der Waals surface area contributed by atoms with Crippen molar-refractivity contribution < 1.29 is 27.6 Å². The first-order chi connectivity index (χ1) is 14.2. The molecule has 0 saturated carbocycles. The van der Waals surface area contributed by atoms with E-state index in [0.717, 1.165) is 17.7 Å². The molecule has 2 aromatic carbocycles. The van der Waals surface area contributed by atoms with E-state index in [4.69, 9.17) is 4.74 Å². The third-order valence-electron chi connectivity index (χ3n) is 4.83. The third-order valence-corrected chi connectivity index (χ3v) is 4.83.